The summed E-state index contributed by atoms with van der Waals surface area (Å²) in [5, 5.41) is 0. The van der Waals surface area contributed by atoms with Crippen LogP contribution in [0.5, 0.6) is 0 Å². The Morgan fingerprint density at radius 1 is 1.16 bits per heavy atom. The smallest absolute Gasteiger partial charge is 0.266 e. The van der Waals surface area contributed by atoms with E-state index in [2.05, 4.69) is 4.98 Å². The van der Waals surface area contributed by atoms with Crippen LogP contribution in [0.1, 0.15) is 21.5 Å². The summed E-state index contributed by atoms with van der Waals surface area (Å²) in [5.74, 6) is -2.98. The maximum Gasteiger partial charge on any atom is 0.266 e. The number of hydrogen-bond acceptors (Lipinski definition) is 7. The number of carbonyl (C=O) groups is 3. The van der Waals surface area contributed by atoms with Crippen molar-refractivity contribution in [2.24, 2.45) is 0 Å². The predicted octanol–water partition coefficient (Wildman–Crippen LogP) is 3.25. The summed E-state index contributed by atoms with van der Waals surface area (Å²) < 4.78 is 38.5. The minimum absolute atomic E-state index is 0.0168. The van der Waals surface area contributed by atoms with Gasteiger partial charge in [-0.25, -0.2) is 22.7 Å². The minimum atomic E-state index is -3.79. The molecule has 0 aliphatic carbocycles. The Labute approximate surface area is 191 Å². The van der Waals surface area contributed by atoms with Gasteiger partial charge in [-0.05, 0) is 41.5 Å². The number of halogens is 2. The van der Waals surface area contributed by atoms with Crippen LogP contribution in [0.25, 0.3) is 0 Å². The highest BCUT2D eigenvalue weighted by atomic mass is 35.5. The minimum Gasteiger partial charge on any atom is -0.298 e. The first-order chi connectivity index (χ1) is 15.1. The molecule has 1 aliphatic rings. The molecule has 164 valence electrons. The summed E-state index contributed by atoms with van der Waals surface area (Å²) in [6, 6.07) is 9.33. The highest BCUT2D eigenvalue weighted by Crippen LogP contribution is 2.27. The molecule has 1 aromatic carbocycles. The number of pyridine rings is 1. The number of thiophene rings is 1. The van der Waals surface area contributed by atoms with Gasteiger partial charge in [0, 0.05) is 18.2 Å². The van der Waals surface area contributed by atoms with Crippen LogP contribution >= 0.6 is 22.9 Å². The van der Waals surface area contributed by atoms with Gasteiger partial charge in [0.1, 0.15) is 21.6 Å². The van der Waals surface area contributed by atoms with Crippen LogP contribution in [0.4, 0.5) is 10.2 Å². The second kappa shape index (κ2) is 8.53. The number of hydrogen-bond donors (Lipinski definition) is 0. The molecule has 0 saturated carbocycles. The van der Waals surface area contributed by atoms with Crippen molar-refractivity contribution in [3.05, 3.63) is 75.5 Å². The molecule has 3 aromatic rings. The number of benzene rings is 1. The normalized spacial score (nSPS) is 13.9. The monoisotopic (exact) mass is 492 g/mol. The molecule has 4 rings (SSSR count). The van der Waals surface area contributed by atoms with E-state index in [0.29, 0.717) is 15.5 Å². The predicted molar refractivity (Wildman–Crippen MR) is 116 cm³/mol. The average Bonchev–Trinajstić information content (AvgIpc) is 3.17. The van der Waals surface area contributed by atoms with Gasteiger partial charge in [0.2, 0.25) is 5.91 Å². The molecule has 0 saturated heterocycles. The van der Waals surface area contributed by atoms with Crippen LogP contribution in [0.2, 0.25) is 4.34 Å². The van der Waals surface area contributed by atoms with Crippen LogP contribution in [0, 0.1) is 5.82 Å². The van der Waals surface area contributed by atoms with Gasteiger partial charge in [0.15, 0.2) is 15.6 Å². The first-order valence-corrected chi connectivity index (χ1v) is 12.1. The number of rotatable bonds is 6. The number of anilines is 1. The number of imide groups is 1. The Bertz CT molecular complexity index is 1350. The van der Waals surface area contributed by atoms with E-state index in [1.54, 1.807) is 0 Å². The number of ketones is 1. The molecule has 1 aliphatic heterocycles. The van der Waals surface area contributed by atoms with E-state index >= 15 is 0 Å². The van der Waals surface area contributed by atoms with Gasteiger partial charge in [-0.2, -0.15) is 0 Å². The Balaban J connectivity index is 1.48. The lowest BCUT2D eigenvalue weighted by Crippen LogP contribution is -2.43. The molecular formula is C21H14ClFN2O5S2. The van der Waals surface area contributed by atoms with Gasteiger partial charge in [-0.15, -0.1) is 11.3 Å². The standard InChI is InChI=1S/C21H14ClFN2O5S2/c22-17-4-6-20(31-17)32(29,30)11-15(26)7-12-1-5-18(24-10-12)25-19(27)8-13-2-3-14(23)9-16(13)21(25)28/h1-6,9-10H,7-8,11H2. The topological polar surface area (TPSA) is 101 Å². The average molecular weight is 493 g/mol. The van der Waals surface area contributed by atoms with Crippen molar-refractivity contribution in [2.75, 3.05) is 10.7 Å². The summed E-state index contributed by atoms with van der Waals surface area (Å²) in [6.07, 6.45) is 1.03. The maximum absolute atomic E-state index is 13.5. The van der Waals surface area contributed by atoms with Gasteiger partial charge in [0.25, 0.3) is 5.91 Å². The van der Waals surface area contributed by atoms with E-state index < -0.39 is 39.0 Å². The van der Waals surface area contributed by atoms with Crippen LogP contribution in [-0.2, 0) is 32.3 Å². The lowest BCUT2D eigenvalue weighted by molar-refractivity contribution is -0.118. The molecule has 0 N–H and O–H groups in total. The summed E-state index contributed by atoms with van der Waals surface area (Å²) in [7, 11) is -3.79. The molecule has 32 heavy (non-hydrogen) atoms. The molecule has 7 nitrogen and oxygen atoms in total. The van der Waals surface area contributed by atoms with E-state index in [1.165, 1.54) is 42.6 Å². The summed E-state index contributed by atoms with van der Waals surface area (Å²) in [5.41, 5.74) is 0.944. The lowest BCUT2D eigenvalue weighted by Gasteiger charge is -2.26. The van der Waals surface area contributed by atoms with Crippen LogP contribution in [0.3, 0.4) is 0 Å². The Morgan fingerprint density at radius 2 is 1.94 bits per heavy atom. The number of aromatic nitrogens is 1. The van der Waals surface area contributed by atoms with Gasteiger partial charge >= 0.3 is 0 Å². The van der Waals surface area contributed by atoms with Crippen molar-refractivity contribution in [3.8, 4) is 0 Å². The molecule has 0 unspecified atom stereocenters. The molecule has 0 atom stereocenters. The number of amides is 2. The molecule has 0 fully saturated rings. The third-order valence-corrected chi connectivity index (χ3v) is 8.23. The number of Topliss-reactive ketones (excluding diaryl/α,β-unsaturated/α-hetero) is 1. The van der Waals surface area contributed by atoms with Gasteiger partial charge in [0.05, 0.1) is 10.8 Å². The molecule has 0 bridgehead atoms. The van der Waals surface area contributed by atoms with Gasteiger partial charge < -0.3 is 0 Å². The number of nitrogens with zero attached hydrogens (tertiary/aromatic N) is 2. The van der Waals surface area contributed by atoms with Crippen molar-refractivity contribution < 1.29 is 27.2 Å². The number of carbonyl (C=O) groups excluding carboxylic acids is 3. The second-order valence-electron chi connectivity index (χ2n) is 7.07. The van der Waals surface area contributed by atoms with Crippen molar-refractivity contribution in [3.63, 3.8) is 0 Å². The van der Waals surface area contributed by atoms with E-state index in [1.807, 2.05) is 0 Å². The first kappa shape index (κ1) is 22.3. The molecular weight excluding hydrogens is 479 g/mol. The molecule has 0 radical (unpaired) electrons. The zero-order valence-corrected chi connectivity index (χ0v) is 18.6. The fraction of sp³-hybridized carbons (Fsp3) is 0.143. The lowest BCUT2D eigenvalue weighted by atomic mass is 9.98. The summed E-state index contributed by atoms with van der Waals surface area (Å²) >= 11 is 6.64. The zero-order valence-electron chi connectivity index (χ0n) is 16.2. The highest BCUT2D eigenvalue weighted by Gasteiger charge is 2.33. The fourth-order valence-electron chi connectivity index (χ4n) is 3.29. The van der Waals surface area contributed by atoms with E-state index in [0.717, 1.165) is 22.3 Å². The largest absolute Gasteiger partial charge is 0.298 e. The first-order valence-electron chi connectivity index (χ1n) is 9.24. The van der Waals surface area contributed by atoms with E-state index in [4.69, 9.17) is 11.6 Å². The van der Waals surface area contributed by atoms with Crippen molar-refractivity contribution in [1.82, 2.24) is 4.98 Å². The van der Waals surface area contributed by atoms with E-state index in [-0.39, 0.29) is 28.4 Å². The van der Waals surface area contributed by atoms with Crippen LogP contribution < -0.4 is 4.90 Å². The van der Waals surface area contributed by atoms with E-state index in [9.17, 15) is 27.2 Å². The summed E-state index contributed by atoms with van der Waals surface area (Å²) in [6.45, 7) is 0. The SMILES string of the molecule is O=C(Cc1ccc(N2C(=O)Cc3ccc(F)cc3C2=O)nc1)CS(=O)(=O)c1ccc(Cl)s1. The van der Waals surface area contributed by atoms with Crippen LogP contribution in [0.15, 0.2) is 52.9 Å². The molecule has 2 aromatic heterocycles. The second-order valence-corrected chi connectivity index (χ2v) is 11.0. The maximum atomic E-state index is 13.5. The Hall–Kier alpha value is -2.95. The molecule has 11 heteroatoms. The number of sulfone groups is 1. The third-order valence-electron chi connectivity index (χ3n) is 4.74. The van der Waals surface area contributed by atoms with Crippen LogP contribution in [-0.4, -0.2) is 36.8 Å². The van der Waals surface area contributed by atoms with Crippen molar-refractivity contribution in [1.29, 1.82) is 0 Å². The zero-order chi connectivity index (χ0) is 23.0. The highest BCUT2D eigenvalue weighted by molar-refractivity contribution is 7.94. The van der Waals surface area contributed by atoms with Gasteiger partial charge in [-0.3, -0.25) is 14.4 Å². The quantitative estimate of drug-likeness (QED) is 0.489. The number of fused-ring (bicyclic) bond motifs is 1. The molecule has 0 spiro atoms. The Kier molecular flexibility index (Phi) is 5.93. The summed E-state index contributed by atoms with van der Waals surface area (Å²) in [4.78, 5) is 42.4. The van der Waals surface area contributed by atoms with Crippen molar-refractivity contribution >= 4 is 56.2 Å². The molecule has 2 amide bonds. The molecule has 3 heterocycles. The third kappa shape index (κ3) is 4.47. The van der Waals surface area contributed by atoms with Gasteiger partial charge in [-0.1, -0.05) is 23.7 Å². The van der Waals surface area contributed by atoms with Crippen molar-refractivity contribution in [2.45, 2.75) is 17.1 Å². The Morgan fingerprint density at radius 3 is 2.59 bits per heavy atom. The fourth-order valence-corrected chi connectivity index (χ4v) is 6.10.